The predicted molar refractivity (Wildman–Crippen MR) is 357 cm³/mol. The molecule has 32 heteroatoms. The number of amides is 13. The van der Waals surface area contributed by atoms with Gasteiger partial charge in [0.05, 0.1) is 12.5 Å². The van der Waals surface area contributed by atoms with E-state index in [4.69, 9.17) is 17.2 Å². The Morgan fingerprint density at radius 1 is 0.459 bits per heavy atom. The lowest BCUT2D eigenvalue weighted by Crippen LogP contribution is -2.61. The van der Waals surface area contributed by atoms with Crippen molar-refractivity contribution < 1.29 is 82.1 Å². The maximum Gasteiger partial charge on any atom is 0.326 e. The Morgan fingerprint density at radius 3 is 1.38 bits per heavy atom. The van der Waals surface area contributed by atoms with Gasteiger partial charge in [-0.25, -0.2) is 4.79 Å². The number of carboxylic acid groups (broad SMARTS) is 2. The molecule has 0 radical (unpaired) electrons. The molecule has 0 aromatic rings. The highest BCUT2D eigenvalue weighted by Crippen LogP contribution is 2.28. The van der Waals surface area contributed by atoms with E-state index in [-0.39, 0.29) is 83.0 Å². The Morgan fingerprint density at radius 2 is 0.898 bits per heavy atom. The third kappa shape index (κ3) is 23.6. The van der Waals surface area contributed by atoms with Crippen LogP contribution in [0.25, 0.3) is 0 Å². The van der Waals surface area contributed by atoms with E-state index in [0.29, 0.717) is 51.5 Å². The van der Waals surface area contributed by atoms with Crippen molar-refractivity contribution >= 4 is 88.7 Å². The summed E-state index contributed by atoms with van der Waals surface area (Å²) in [5, 5.41) is 40.9. The van der Waals surface area contributed by atoms with Crippen LogP contribution in [0.5, 0.6) is 0 Å². The number of nitrogens with two attached hydrogens (primary N) is 3. The van der Waals surface area contributed by atoms with E-state index in [1.54, 1.807) is 55.4 Å². The zero-order chi connectivity index (χ0) is 73.6. The van der Waals surface area contributed by atoms with Crippen LogP contribution in [0.15, 0.2) is 0 Å². The average Bonchev–Trinajstić information content (AvgIpc) is 1.62. The van der Waals surface area contributed by atoms with Crippen molar-refractivity contribution in [2.24, 2.45) is 46.8 Å². The highest BCUT2D eigenvalue weighted by molar-refractivity contribution is 6.00. The summed E-state index contributed by atoms with van der Waals surface area (Å²) in [6, 6.07) is -15.7. The molecule has 4 saturated heterocycles. The Labute approximate surface area is 574 Å². The second-order valence-electron chi connectivity index (χ2n) is 28.2. The first-order chi connectivity index (χ1) is 46.0. The number of hydrogen-bond donors (Lipinski definition) is 13. The van der Waals surface area contributed by atoms with Crippen molar-refractivity contribution in [3.8, 4) is 0 Å². The molecule has 0 spiro atoms. The van der Waals surface area contributed by atoms with Crippen molar-refractivity contribution in [1.29, 1.82) is 0 Å². The van der Waals surface area contributed by atoms with Gasteiger partial charge in [-0.3, -0.25) is 67.1 Å². The molecule has 4 aliphatic rings. The minimum absolute atomic E-state index is 0.0609. The molecular formula is C66H111N15O17. The molecule has 4 heterocycles. The van der Waals surface area contributed by atoms with Crippen LogP contribution in [0.2, 0.25) is 0 Å². The summed E-state index contributed by atoms with van der Waals surface area (Å²) < 4.78 is 0. The molecular weight excluding hydrogens is 1270 g/mol. The molecule has 32 nitrogen and oxygen atoms in total. The van der Waals surface area contributed by atoms with Gasteiger partial charge in [-0.05, 0) is 133 Å². The molecule has 98 heavy (non-hydrogen) atoms. The third-order valence-corrected chi connectivity index (χ3v) is 18.6. The van der Waals surface area contributed by atoms with Gasteiger partial charge >= 0.3 is 11.9 Å². The highest BCUT2D eigenvalue weighted by Gasteiger charge is 2.47. The molecule has 16 N–H and O–H groups in total. The summed E-state index contributed by atoms with van der Waals surface area (Å²) in [5.41, 5.74) is 16.7. The summed E-state index contributed by atoms with van der Waals surface area (Å²) in [4.78, 5) is 210. The first-order valence-corrected chi connectivity index (χ1v) is 34.9. The van der Waals surface area contributed by atoms with E-state index in [2.05, 4.69) is 42.5 Å². The lowest BCUT2D eigenvalue weighted by Gasteiger charge is -2.34. The van der Waals surface area contributed by atoms with E-state index in [1.807, 2.05) is 13.8 Å². The quantitative estimate of drug-likeness (QED) is 0.0316. The van der Waals surface area contributed by atoms with Gasteiger partial charge < -0.3 is 89.5 Å². The Kier molecular flexibility index (Phi) is 32.7. The Balaban J connectivity index is 1.45. The van der Waals surface area contributed by atoms with Crippen molar-refractivity contribution in [1.82, 2.24) is 62.1 Å². The van der Waals surface area contributed by atoms with E-state index in [9.17, 15) is 82.1 Å². The van der Waals surface area contributed by atoms with Crippen LogP contribution < -0.4 is 59.7 Å². The van der Waals surface area contributed by atoms with Crippen LogP contribution in [0.3, 0.4) is 0 Å². The summed E-state index contributed by atoms with van der Waals surface area (Å²) in [7, 11) is 0. The van der Waals surface area contributed by atoms with Crippen LogP contribution in [0.4, 0.5) is 0 Å². The second kappa shape index (κ2) is 38.9. The second-order valence-corrected chi connectivity index (χ2v) is 28.2. The predicted octanol–water partition coefficient (Wildman–Crippen LogP) is -1.42. The fourth-order valence-corrected chi connectivity index (χ4v) is 12.9. The number of nitrogens with zero attached hydrogens (tertiary/aromatic N) is 4. The lowest BCUT2D eigenvalue weighted by atomic mass is 9.96. The number of carboxylic acids is 2. The normalized spacial score (nSPS) is 20.8. The molecule has 0 aliphatic carbocycles. The fourth-order valence-electron chi connectivity index (χ4n) is 12.9. The topological polar surface area (TPSA) is 484 Å². The summed E-state index contributed by atoms with van der Waals surface area (Å²) >= 11 is 0. The highest BCUT2D eigenvalue weighted by atomic mass is 16.4. The standard InChI is InChI=1S/C66H111N15O17/c1-12-38(10)53(77-60(91)51(36(6)7)75-59(90)47-22-15-27-78(47)62(93)44(32-35(4)5)74-58(89)46-21-17-29-80(46)65(96)52(37(8)9)76-55(86)40(68)33-49(69)82)61(92)70-39(11)54(85)71-41(24-25-50(83)84)56(87)73-43(31-34(2)3)63(94)81-30-18-23-48(81)64(95)79-28-16-20-45(79)57(88)72-42(66(97)98)19-13-14-26-67/h34-48,51-53H,12-33,67-68H2,1-11H3,(H2,69,82)(H,70,92)(H,71,85)(H,72,88)(H,73,87)(H,74,89)(H,75,90)(H,76,86)(H,77,91)(H,83,84)(H,97,98)/t38-,39-,40-,41-,42-,43-,44-,45-,46-,47-,48-,51-,52-,53-/m0/s1. The van der Waals surface area contributed by atoms with Crippen LogP contribution in [0.1, 0.15) is 185 Å². The number of nitrogens with one attached hydrogen (secondary N) is 8. The number of likely N-dealkylation sites (tertiary alicyclic amines) is 4. The zero-order valence-corrected chi connectivity index (χ0v) is 59.0. The molecule has 0 bridgehead atoms. The monoisotopic (exact) mass is 1390 g/mol. The molecule has 4 fully saturated rings. The Hall–Kier alpha value is -8.03. The minimum atomic E-state index is -1.56. The number of carbonyl (C=O) groups excluding carboxylic acids is 13. The van der Waals surface area contributed by atoms with Crippen LogP contribution in [0, 0.1) is 29.6 Å². The summed E-state index contributed by atoms with van der Waals surface area (Å²) in [6.07, 6.45) is 2.89. The SMILES string of the molecule is CC[C@H](C)[C@H](NC(=O)[C@@H](NC(=O)[C@@H]1CCCN1C(=O)[C@H](CC(C)C)NC(=O)[C@@H]1CCCN1C(=O)[C@@H](NC(=O)[C@@H](N)CC(N)=O)C(C)C)C(C)C)C(=O)N[C@@H](C)C(=O)N[C@@H](CCC(=O)O)C(=O)N[C@@H](CC(C)C)C(=O)N1CCC[C@H]1C(=O)N1CCC[C@H]1C(=O)N[C@@H](CCCCN)C(=O)O. The number of rotatable bonds is 38. The van der Waals surface area contributed by atoms with Gasteiger partial charge in [0.1, 0.15) is 72.5 Å². The summed E-state index contributed by atoms with van der Waals surface area (Å²) in [5.74, 6) is -13.7. The van der Waals surface area contributed by atoms with Crippen LogP contribution in [-0.2, 0) is 71.9 Å². The number of hydrogen-bond acceptors (Lipinski definition) is 17. The molecule has 0 aromatic carbocycles. The molecule has 0 aromatic heterocycles. The first-order valence-electron chi connectivity index (χ1n) is 34.9. The molecule has 0 unspecified atom stereocenters. The van der Waals surface area contributed by atoms with Gasteiger partial charge in [0.25, 0.3) is 0 Å². The third-order valence-electron chi connectivity index (χ3n) is 18.6. The first kappa shape index (κ1) is 82.4. The molecule has 0 saturated carbocycles. The molecule has 13 amide bonds. The molecule has 14 atom stereocenters. The number of primary amides is 1. The number of aliphatic carboxylic acids is 2. The van der Waals surface area contributed by atoms with E-state index in [0.717, 1.165) is 0 Å². The molecule has 552 valence electrons. The number of carbonyl (C=O) groups is 15. The van der Waals surface area contributed by atoms with E-state index < -0.39 is 204 Å². The number of unbranched alkanes of at least 4 members (excludes halogenated alkanes) is 1. The van der Waals surface area contributed by atoms with Gasteiger partial charge in [0.15, 0.2) is 0 Å². The van der Waals surface area contributed by atoms with Gasteiger partial charge in [0, 0.05) is 32.6 Å². The smallest absolute Gasteiger partial charge is 0.326 e. The van der Waals surface area contributed by atoms with Gasteiger partial charge in [0.2, 0.25) is 76.8 Å². The maximum atomic E-state index is 14.6. The van der Waals surface area contributed by atoms with E-state index >= 15 is 0 Å². The van der Waals surface area contributed by atoms with E-state index in [1.165, 1.54) is 26.5 Å². The van der Waals surface area contributed by atoms with Crippen molar-refractivity contribution in [2.75, 3.05) is 32.7 Å². The van der Waals surface area contributed by atoms with Gasteiger partial charge in [-0.15, -0.1) is 0 Å². The largest absolute Gasteiger partial charge is 0.481 e. The lowest BCUT2D eigenvalue weighted by molar-refractivity contribution is -0.149. The Bertz CT molecular complexity index is 2860. The zero-order valence-electron chi connectivity index (χ0n) is 59.0. The van der Waals surface area contributed by atoms with Crippen molar-refractivity contribution in [3.05, 3.63) is 0 Å². The van der Waals surface area contributed by atoms with Crippen molar-refractivity contribution in [2.45, 2.75) is 264 Å². The van der Waals surface area contributed by atoms with Crippen LogP contribution in [-0.4, -0.2) is 230 Å². The van der Waals surface area contributed by atoms with Crippen molar-refractivity contribution in [3.63, 3.8) is 0 Å². The van der Waals surface area contributed by atoms with Gasteiger partial charge in [-0.1, -0.05) is 75.7 Å². The molecule has 4 rings (SSSR count). The maximum absolute atomic E-state index is 14.6. The van der Waals surface area contributed by atoms with Gasteiger partial charge in [-0.2, -0.15) is 0 Å². The van der Waals surface area contributed by atoms with Crippen LogP contribution >= 0.6 is 0 Å². The molecule has 4 aliphatic heterocycles. The fraction of sp³-hybridized carbons (Fsp3) is 0.773. The average molecular weight is 1390 g/mol. The summed E-state index contributed by atoms with van der Waals surface area (Å²) in [6.45, 7) is 19.7. The minimum Gasteiger partial charge on any atom is -0.481 e.